The number of nitrogens with zero attached hydrogens (tertiary/aromatic N) is 1. The molecular weight excluding hydrogens is 407 g/mol. The Morgan fingerprint density at radius 1 is 1.13 bits per heavy atom. The Balaban J connectivity index is 1.86. The van der Waals surface area contributed by atoms with Crippen LogP contribution in [0, 0.1) is 5.92 Å². The van der Waals surface area contributed by atoms with Gasteiger partial charge in [-0.2, -0.15) is 0 Å². The van der Waals surface area contributed by atoms with Gasteiger partial charge in [0.05, 0.1) is 11.6 Å². The first-order chi connectivity index (χ1) is 14.5. The average Bonchev–Trinajstić information content (AvgIpc) is 2.76. The summed E-state index contributed by atoms with van der Waals surface area (Å²) in [6.07, 6.45) is 6.91. The summed E-state index contributed by atoms with van der Waals surface area (Å²) in [5.74, 6) is 1.14. The lowest BCUT2D eigenvalue weighted by molar-refractivity contribution is 0.0175. The number of benzene rings is 1. The molecule has 1 aliphatic carbocycles. The summed E-state index contributed by atoms with van der Waals surface area (Å²) in [4.78, 5) is 38.4. The number of ether oxygens (including phenoxy) is 1. The van der Waals surface area contributed by atoms with E-state index in [0.29, 0.717) is 12.0 Å². The van der Waals surface area contributed by atoms with Gasteiger partial charge in [0, 0.05) is 38.8 Å². The molecule has 3 rings (SSSR count). The van der Waals surface area contributed by atoms with Crippen LogP contribution >= 0.6 is 8.38 Å². The number of hydrogen-bond donors (Lipinski definition) is 1. The lowest BCUT2D eigenvalue weighted by Crippen LogP contribution is -2.36. The number of rotatable bonds is 7. The van der Waals surface area contributed by atoms with E-state index in [4.69, 9.17) is 13.8 Å². The predicted molar refractivity (Wildman–Crippen MR) is 113 cm³/mol. The molecule has 1 aromatic heterocycles. The molecule has 1 heterocycles. The molecule has 0 saturated heterocycles. The Kier molecular flexibility index (Phi) is 7.52. The summed E-state index contributed by atoms with van der Waals surface area (Å²) in [5, 5.41) is 0. The van der Waals surface area contributed by atoms with Crippen molar-refractivity contribution in [1.29, 1.82) is 0 Å². The number of allylic oxidation sites excluding steroid dienone is 1. The summed E-state index contributed by atoms with van der Waals surface area (Å²) in [7, 11) is 1.94. The highest BCUT2D eigenvalue weighted by molar-refractivity contribution is 7.50. The van der Waals surface area contributed by atoms with Crippen molar-refractivity contribution in [2.24, 2.45) is 5.92 Å². The maximum absolute atomic E-state index is 12.6. The molecule has 0 bridgehead atoms. The largest absolute Gasteiger partial charge is 0.458 e. The van der Waals surface area contributed by atoms with Gasteiger partial charge in [0.15, 0.2) is 8.38 Å². The van der Waals surface area contributed by atoms with Gasteiger partial charge in [0.1, 0.15) is 6.10 Å². The first kappa shape index (κ1) is 21.9. The molecule has 2 aromatic rings. The maximum Gasteiger partial charge on any atom is 0.338 e. The van der Waals surface area contributed by atoms with Gasteiger partial charge >= 0.3 is 11.7 Å². The number of esters is 1. The molecule has 1 aliphatic rings. The number of carbonyl (C=O) groups is 1. The number of aromatic nitrogens is 2. The molecule has 0 fully saturated rings. The van der Waals surface area contributed by atoms with Gasteiger partial charge in [-0.25, -0.2) is 9.59 Å². The topological polar surface area (TPSA) is 99.6 Å². The van der Waals surface area contributed by atoms with Crippen molar-refractivity contribution in [2.45, 2.75) is 18.6 Å². The number of nitrogens with one attached hydrogen (secondary N) is 1. The van der Waals surface area contributed by atoms with Gasteiger partial charge < -0.3 is 13.8 Å². The SMILES string of the molecule is COP(/C=C/C1C=CC(n2ccc(=O)[nH]c2=O)CC1OC(=O)c1ccccc1)OC. The van der Waals surface area contributed by atoms with Crippen molar-refractivity contribution in [3.05, 3.63) is 93.0 Å². The van der Waals surface area contributed by atoms with E-state index in [1.165, 1.54) is 16.8 Å². The minimum atomic E-state index is -1.18. The average molecular weight is 430 g/mol. The lowest BCUT2D eigenvalue weighted by Gasteiger charge is -2.31. The standard InChI is InChI=1S/C21H23N2O6P/c1-27-30(28-2)13-11-15-8-9-17(23-12-10-19(24)22-21(23)26)14-18(15)29-20(25)16-6-4-3-5-7-16/h3-13,15,17-18H,14H2,1-2H3,(H,22,24,26)/b13-11+. The molecule has 30 heavy (non-hydrogen) atoms. The van der Waals surface area contributed by atoms with E-state index in [1.54, 1.807) is 44.3 Å². The molecular formula is C21H23N2O6P. The zero-order valence-corrected chi connectivity index (χ0v) is 17.5. The third kappa shape index (κ3) is 5.42. The molecule has 1 aromatic carbocycles. The molecule has 9 heteroatoms. The Labute approximate surface area is 174 Å². The normalized spacial score (nSPS) is 21.2. The van der Waals surface area contributed by atoms with Gasteiger partial charge in [-0.3, -0.25) is 14.3 Å². The molecule has 0 spiro atoms. The zero-order valence-electron chi connectivity index (χ0n) is 16.6. The van der Waals surface area contributed by atoms with E-state index in [0.717, 1.165) is 0 Å². The highest BCUT2D eigenvalue weighted by atomic mass is 31.2. The van der Waals surface area contributed by atoms with Crippen LogP contribution in [0.15, 0.2) is 76.2 Å². The first-order valence-corrected chi connectivity index (χ1v) is 10.6. The number of aromatic amines is 1. The molecule has 3 atom stereocenters. The highest BCUT2D eigenvalue weighted by Gasteiger charge is 2.30. The van der Waals surface area contributed by atoms with E-state index in [2.05, 4.69) is 4.98 Å². The van der Waals surface area contributed by atoms with Crippen molar-refractivity contribution in [3.8, 4) is 0 Å². The van der Waals surface area contributed by atoms with Crippen LogP contribution < -0.4 is 11.2 Å². The predicted octanol–water partition coefficient (Wildman–Crippen LogP) is 3.00. The molecule has 0 aliphatic heterocycles. The fourth-order valence-electron chi connectivity index (χ4n) is 3.21. The van der Waals surface area contributed by atoms with Crippen LogP contribution in [-0.2, 0) is 13.8 Å². The van der Waals surface area contributed by atoms with Crippen molar-refractivity contribution < 1.29 is 18.6 Å². The van der Waals surface area contributed by atoms with Crippen LogP contribution in [0.3, 0.4) is 0 Å². The van der Waals surface area contributed by atoms with E-state index in [9.17, 15) is 14.4 Å². The van der Waals surface area contributed by atoms with Gasteiger partial charge in [-0.05, 0) is 17.9 Å². The highest BCUT2D eigenvalue weighted by Crippen LogP contribution is 2.39. The van der Waals surface area contributed by atoms with Gasteiger partial charge in [-0.1, -0.05) is 36.4 Å². The van der Waals surface area contributed by atoms with Crippen LogP contribution in [0.2, 0.25) is 0 Å². The van der Waals surface area contributed by atoms with E-state index < -0.39 is 31.7 Å². The van der Waals surface area contributed by atoms with Crippen molar-refractivity contribution in [1.82, 2.24) is 9.55 Å². The van der Waals surface area contributed by atoms with Crippen molar-refractivity contribution in [3.63, 3.8) is 0 Å². The second-order valence-electron chi connectivity index (χ2n) is 6.58. The summed E-state index contributed by atoms with van der Waals surface area (Å²) in [6, 6.07) is 9.65. The van der Waals surface area contributed by atoms with Crippen LogP contribution in [-0.4, -0.2) is 35.8 Å². The van der Waals surface area contributed by atoms with Crippen LogP contribution in [0.1, 0.15) is 22.8 Å². The summed E-state index contributed by atoms with van der Waals surface area (Å²) in [6.45, 7) is 0. The van der Waals surface area contributed by atoms with Crippen LogP contribution in [0.4, 0.5) is 0 Å². The van der Waals surface area contributed by atoms with Gasteiger partial charge in [0.25, 0.3) is 5.56 Å². The van der Waals surface area contributed by atoms with Gasteiger partial charge in [-0.15, -0.1) is 0 Å². The fraction of sp³-hybridized carbons (Fsp3) is 0.286. The van der Waals surface area contributed by atoms with Crippen LogP contribution in [0.5, 0.6) is 0 Å². The second-order valence-corrected chi connectivity index (χ2v) is 8.18. The van der Waals surface area contributed by atoms with Crippen molar-refractivity contribution >= 4 is 14.3 Å². The molecule has 0 amide bonds. The fourth-order valence-corrected chi connectivity index (χ4v) is 3.94. The van der Waals surface area contributed by atoms with Crippen molar-refractivity contribution in [2.75, 3.05) is 14.2 Å². The summed E-state index contributed by atoms with van der Waals surface area (Å²) < 4.78 is 17.7. The third-order valence-electron chi connectivity index (χ3n) is 4.72. The lowest BCUT2D eigenvalue weighted by atomic mass is 9.89. The zero-order chi connectivity index (χ0) is 21.5. The molecule has 158 valence electrons. The minimum Gasteiger partial charge on any atom is -0.458 e. The van der Waals surface area contributed by atoms with Gasteiger partial charge in [0.2, 0.25) is 0 Å². The Morgan fingerprint density at radius 2 is 1.87 bits per heavy atom. The summed E-state index contributed by atoms with van der Waals surface area (Å²) in [5.41, 5.74) is -0.526. The molecule has 8 nitrogen and oxygen atoms in total. The van der Waals surface area contributed by atoms with Crippen LogP contribution in [0.25, 0.3) is 0 Å². The van der Waals surface area contributed by atoms with E-state index in [1.807, 2.05) is 24.3 Å². The minimum absolute atomic E-state index is 0.220. The first-order valence-electron chi connectivity index (χ1n) is 9.33. The maximum atomic E-state index is 12.6. The second kappa shape index (κ2) is 10.3. The molecule has 0 saturated carbocycles. The Hall–Kier alpha value is -2.80. The third-order valence-corrected chi connectivity index (χ3v) is 5.86. The quantitative estimate of drug-likeness (QED) is 0.412. The Morgan fingerprint density at radius 3 is 2.53 bits per heavy atom. The molecule has 1 N–H and O–H groups in total. The van der Waals surface area contributed by atoms with E-state index >= 15 is 0 Å². The molecule has 0 radical (unpaired) electrons. The Bertz CT molecular complexity index is 1030. The smallest absolute Gasteiger partial charge is 0.338 e. The number of carbonyl (C=O) groups excluding carboxylic acids is 1. The van der Waals surface area contributed by atoms with E-state index in [-0.39, 0.29) is 12.0 Å². The number of hydrogen-bond acceptors (Lipinski definition) is 6. The summed E-state index contributed by atoms with van der Waals surface area (Å²) >= 11 is 0. The molecule has 3 unspecified atom stereocenters. The monoisotopic (exact) mass is 430 g/mol. The number of H-pyrrole nitrogens is 1.